The first kappa shape index (κ1) is 13.8. The Hall–Kier alpha value is -2.17. The number of benzene rings is 2. The molecule has 1 N–H and O–H groups in total. The summed E-state index contributed by atoms with van der Waals surface area (Å²) in [5, 5.41) is 10.4. The van der Waals surface area contributed by atoms with Gasteiger partial charge in [0, 0.05) is 17.2 Å². The quantitative estimate of drug-likeness (QED) is 0.749. The molecule has 0 aliphatic heterocycles. The van der Waals surface area contributed by atoms with Gasteiger partial charge in [-0.1, -0.05) is 23.2 Å². The molecule has 0 saturated carbocycles. The van der Waals surface area contributed by atoms with Crippen molar-refractivity contribution in [3.8, 4) is 17.2 Å². The number of hydrogen-bond donors (Lipinski definition) is 1. The third-order valence-electron chi connectivity index (χ3n) is 2.84. The highest BCUT2D eigenvalue weighted by Gasteiger charge is 2.11. The number of hydrogen-bond acceptors (Lipinski definition) is 4. The first-order valence-electron chi connectivity index (χ1n) is 5.92. The molecule has 0 unspecified atom stereocenters. The zero-order valence-corrected chi connectivity index (χ0v) is 12.0. The molecule has 0 atom stereocenters. The summed E-state index contributed by atoms with van der Waals surface area (Å²) in [4.78, 5) is 12.3. The molecule has 3 rings (SSSR count). The van der Waals surface area contributed by atoms with E-state index in [4.69, 9.17) is 32.4 Å². The van der Waals surface area contributed by atoms with Gasteiger partial charge in [-0.2, -0.15) is 0 Å². The largest absolute Gasteiger partial charge is 0.508 e. The number of rotatable bonds is 2. The Balaban J connectivity index is 2.09. The third-order valence-corrected chi connectivity index (χ3v) is 3.39. The number of phenolic OH excluding ortho intramolecular Hbond substituents is 1. The van der Waals surface area contributed by atoms with Gasteiger partial charge in [0.25, 0.3) is 0 Å². The van der Waals surface area contributed by atoms with Crippen LogP contribution in [0.15, 0.2) is 51.9 Å². The van der Waals surface area contributed by atoms with Crippen LogP contribution in [0.25, 0.3) is 11.0 Å². The zero-order valence-electron chi connectivity index (χ0n) is 10.5. The van der Waals surface area contributed by atoms with E-state index < -0.39 is 0 Å². The second-order valence-electron chi connectivity index (χ2n) is 4.29. The van der Waals surface area contributed by atoms with E-state index in [9.17, 15) is 9.90 Å². The summed E-state index contributed by atoms with van der Waals surface area (Å²) in [5.74, 6) is 0.254. The molecule has 106 valence electrons. The summed E-state index contributed by atoms with van der Waals surface area (Å²) in [6.45, 7) is 0. The first-order chi connectivity index (χ1) is 10.0. The maximum absolute atomic E-state index is 12.3. The number of aromatic hydroxyl groups is 1. The van der Waals surface area contributed by atoms with Crippen LogP contribution in [0.4, 0.5) is 0 Å². The normalized spacial score (nSPS) is 10.8. The lowest BCUT2D eigenvalue weighted by molar-refractivity contribution is 0.449. The second-order valence-corrected chi connectivity index (χ2v) is 5.13. The number of fused-ring (bicyclic) bond motifs is 1. The molecule has 4 nitrogen and oxygen atoms in total. The van der Waals surface area contributed by atoms with Crippen molar-refractivity contribution in [2.75, 3.05) is 0 Å². The predicted octanol–water partition coefficient (Wildman–Crippen LogP) is 4.60. The molecule has 2 aromatic carbocycles. The van der Waals surface area contributed by atoms with Crippen molar-refractivity contribution in [1.29, 1.82) is 0 Å². The van der Waals surface area contributed by atoms with E-state index in [-0.39, 0.29) is 28.3 Å². The monoisotopic (exact) mass is 322 g/mol. The van der Waals surface area contributed by atoms with Gasteiger partial charge < -0.3 is 14.3 Å². The average molecular weight is 323 g/mol. The lowest BCUT2D eigenvalue weighted by Gasteiger charge is -2.07. The summed E-state index contributed by atoms with van der Waals surface area (Å²) in [6, 6.07) is 8.90. The maximum atomic E-state index is 12.3. The van der Waals surface area contributed by atoms with Crippen LogP contribution in [0.1, 0.15) is 0 Å². The maximum Gasteiger partial charge on any atom is 0.235 e. The topological polar surface area (TPSA) is 59.7 Å². The molecule has 3 aromatic rings. The highest BCUT2D eigenvalue weighted by molar-refractivity contribution is 6.34. The lowest BCUT2D eigenvalue weighted by Crippen LogP contribution is -2.04. The summed E-state index contributed by atoms with van der Waals surface area (Å²) in [5.41, 5.74) is -0.100. The molecule has 0 spiro atoms. The molecule has 0 aliphatic rings. The lowest BCUT2D eigenvalue weighted by atomic mass is 10.2. The fourth-order valence-electron chi connectivity index (χ4n) is 1.84. The molecule has 0 fully saturated rings. The Kier molecular flexibility index (Phi) is 3.49. The molecule has 6 heteroatoms. The predicted molar refractivity (Wildman–Crippen MR) is 80.7 cm³/mol. The van der Waals surface area contributed by atoms with E-state index in [1.54, 1.807) is 12.1 Å². The van der Waals surface area contributed by atoms with Gasteiger partial charge in [-0.15, -0.1) is 0 Å². The molecule has 0 aliphatic carbocycles. The minimum Gasteiger partial charge on any atom is -0.508 e. The third kappa shape index (κ3) is 2.68. The van der Waals surface area contributed by atoms with Crippen molar-refractivity contribution < 1.29 is 14.3 Å². The number of phenols is 1. The van der Waals surface area contributed by atoms with Gasteiger partial charge in [-0.05, 0) is 24.3 Å². The van der Waals surface area contributed by atoms with E-state index in [2.05, 4.69) is 0 Å². The minimum absolute atomic E-state index is 0.0113. The van der Waals surface area contributed by atoms with Crippen LogP contribution in [0, 0.1) is 0 Å². The van der Waals surface area contributed by atoms with Crippen LogP contribution < -0.4 is 10.2 Å². The van der Waals surface area contributed by atoms with Crippen molar-refractivity contribution in [1.82, 2.24) is 0 Å². The van der Waals surface area contributed by atoms with Crippen LogP contribution in [-0.4, -0.2) is 5.11 Å². The van der Waals surface area contributed by atoms with Crippen molar-refractivity contribution in [2.24, 2.45) is 0 Å². The van der Waals surface area contributed by atoms with Crippen molar-refractivity contribution in [3.05, 3.63) is 62.9 Å². The molecule has 0 bridgehead atoms. The van der Waals surface area contributed by atoms with Crippen molar-refractivity contribution in [3.63, 3.8) is 0 Å². The van der Waals surface area contributed by atoms with Crippen molar-refractivity contribution >= 4 is 34.2 Å². The Bertz CT molecular complexity index is 886. The fourth-order valence-corrected chi connectivity index (χ4v) is 2.16. The number of halogens is 2. The number of ether oxygens (including phenoxy) is 1. The van der Waals surface area contributed by atoms with Gasteiger partial charge in [0.1, 0.15) is 23.3 Å². The molecular weight excluding hydrogens is 315 g/mol. The molecule has 1 aromatic heterocycles. The molecule has 0 radical (unpaired) electrons. The summed E-state index contributed by atoms with van der Waals surface area (Å²) in [6.07, 6.45) is 1.17. The zero-order chi connectivity index (χ0) is 15.0. The highest BCUT2D eigenvalue weighted by atomic mass is 35.5. The Morgan fingerprint density at radius 2 is 1.86 bits per heavy atom. The van der Waals surface area contributed by atoms with Gasteiger partial charge in [0.15, 0.2) is 0 Å². The summed E-state index contributed by atoms with van der Waals surface area (Å²) < 4.78 is 10.8. The Morgan fingerprint density at radius 1 is 1.05 bits per heavy atom. The van der Waals surface area contributed by atoms with E-state index in [0.29, 0.717) is 15.4 Å². The molecule has 1 heterocycles. The van der Waals surface area contributed by atoms with Crippen LogP contribution in [-0.2, 0) is 0 Å². The standard InChI is InChI=1S/C15H8Cl2O4/c16-8-1-4-11(17)13(5-8)21-14-7-20-12-6-9(18)2-3-10(12)15(14)19/h1-7,18H. The summed E-state index contributed by atoms with van der Waals surface area (Å²) >= 11 is 11.9. The van der Waals surface area contributed by atoms with Gasteiger partial charge in [0.2, 0.25) is 11.2 Å². The first-order valence-corrected chi connectivity index (χ1v) is 6.67. The van der Waals surface area contributed by atoms with Gasteiger partial charge in [-0.25, -0.2) is 0 Å². The average Bonchev–Trinajstić information content (AvgIpc) is 2.45. The van der Waals surface area contributed by atoms with Gasteiger partial charge in [0.05, 0.1) is 10.4 Å². The highest BCUT2D eigenvalue weighted by Crippen LogP contribution is 2.31. The van der Waals surface area contributed by atoms with Gasteiger partial charge >= 0.3 is 0 Å². The van der Waals surface area contributed by atoms with Crippen LogP contribution in [0.5, 0.6) is 17.2 Å². The van der Waals surface area contributed by atoms with Gasteiger partial charge in [-0.3, -0.25) is 4.79 Å². The Morgan fingerprint density at radius 3 is 2.67 bits per heavy atom. The molecule has 0 amide bonds. The minimum atomic E-state index is -0.368. The molecule has 0 saturated heterocycles. The SMILES string of the molecule is O=c1c(Oc2cc(Cl)ccc2Cl)coc2cc(O)ccc12. The van der Waals surface area contributed by atoms with Crippen molar-refractivity contribution in [2.45, 2.75) is 0 Å². The smallest absolute Gasteiger partial charge is 0.235 e. The fraction of sp³-hybridized carbons (Fsp3) is 0. The Labute approximate surface area is 129 Å². The molecular formula is C15H8Cl2O4. The van der Waals surface area contributed by atoms with Crippen LogP contribution in [0.2, 0.25) is 10.0 Å². The molecule has 21 heavy (non-hydrogen) atoms. The van der Waals surface area contributed by atoms with E-state index in [1.807, 2.05) is 0 Å². The van der Waals surface area contributed by atoms with Crippen LogP contribution >= 0.6 is 23.2 Å². The summed E-state index contributed by atoms with van der Waals surface area (Å²) in [7, 11) is 0. The van der Waals surface area contributed by atoms with E-state index in [1.165, 1.54) is 30.5 Å². The van der Waals surface area contributed by atoms with Crippen LogP contribution in [0.3, 0.4) is 0 Å². The van der Waals surface area contributed by atoms with E-state index >= 15 is 0 Å². The van der Waals surface area contributed by atoms with E-state index in [0.717, 1.165) is 0 Å². The second kappa shape index (κ2) is 5.31.